The third-order valence-electron chi connectivity index (χ3n) is 3.20. The lowest BCUT2D eigenvalue weighted by molar-refractivity contribution is -0.146. The van der Waals surface area contributed by atoms with Gasteiger partial charge in [-0.2, -0.15) is 5.26 Å². The molecule has 0 radical (unpaired) electrons. The molecule has 0 spiro atoms. The number of hydrogen-bond donors (Lipinski definition) is 1. The molecule has 0 saturated carbocycles. The van der Waals surface area contributed by atoms with Crippen molar-refractivity contribution >= 4 is 11.7 Å². The predicted octanol–water partition coefficient (Wildman–Crippen LogP) is 2.99. The highest BCUT2D eigenvalue weighted by molar-refractivity contribution is 5.78. The van der Waals surface area contributed by atoms with Crippen molar-refractivity contribution in [2.45, 2.75) is 19.4 Å². The van der Waals surface area contributed by atoms with Gasteiger partial charge in [-0.05, 0) is 42.3 Å². The fourth-order valence-electron chi connectivity index (χ4n) is 1.97. The van der Waals surface area contributed by atoms with Gasteiger partial charge < -0.3 is 10.5 Å². The van der Waals surface area contributed by atoms with Crippen molar-refractivity contribution < 1.29 is 9.53 Å². The molecule has 0 fully saturated rings. The van der Waals surface area contributed by atoms with Gasteiger partial charge in [-0.15, -0.1) is 0 Å². The third kappa shape index (κ3) is 3.83. The number of nitrogens with two attached hydrogens (primary N) is 1. The first-order valence-electron chi connectivity index (χ1n) is 6.61. The van der Waals surface area contributed by atoms with Gasteiger partial charge in [0.25, 0.3) is 0 Å². The van der Waals surface area contributed by atoms with Gasteiger partial charge in [0.05, 0.1) is 17.6 Å². The second-order valence-corrected chi connectivity index (χ2v) is 4.81. The largest absolute Gasteiger partial charge is 0.460 e. The van der Waals surface area contributed by atoms with Crippen LogP contribution in [0.4, 0.5) is 5.69 Å². The van der Waals surface area contributed by atoms with Crippen molar-refractivity contribution in [2.24, 2.45) is 0 Å². The van der Waals surface area contributed by atoms with E-state index >= 15 is 0 Å². The van der Waals surface area contributed by atoms with E-state index in [0.29, 0.717) is 11.3 Å². The van der Waals surface area contributed by atoms with Crippen LogP contribution in [0.5, 0.6) is 0 Å². The first-order valence-corrected chi connectivity index (χ1v) is 6.61. The molecule has 0 amide bonds. The zero-order chi connectivity index (χ0) is 15.2. The standard InChI is InChI=1S/C17H16N2O2/c1-12(15-6-3-7-16(19)9-15)17(20)21-11-14-5-2-4-13(8-14)10-18/h2-9,12H,11,19H2,1H3. The first-order chi connectivity index (χ1) is 10.1. The van der Waals surface area contributed by atoms with Gasteiger partial charge in [0.15, 0.2) is 0 Å². The molecule has 0 bridgehead atoms. The van der Waals surface area contributed by atoms with Gasteiger partial charge in [0.1, 0.15) is 6.61 Å². The van der Waals surface area contributed by atoms with Crippen LogP contribution in [-0.2, 0) is 16.1 Å². The summed E-state index contributed by atoms with van der Waals surface area (Å²) in [4.78, 5) is 12.1. The molecular formula is C17H16N2O2. The summed E-state index contributed by atoms with van der Waals surface area (Å²) < 4.78 is 5.29. The number of hydrogen-bond acceptors (Lipinski definition) is 4. The Labute approximate surface area is 123 Å². The van der Waals surface area contributed by atoms with E-state index in [1.54, 1.807) is 37.3 Å². The van der Waals surface area contributed by atoms with E-state index in [1.165, 1.54) is 0 Å². The summed E-state index contributed by atoms with van der Waals surface area (Å²) in [7, 11) is 0. The molecule has 0 aliphatic heterocycles. The molecule has 0 saturated heterocycles. The number of rotatable bonds is 4. The molecule has 0 aromatic heterocycles. The SMILES string of the molecule is CC(C(=O)OCc1cccc(C#N)c1)c1cccc(N)c1. The van der Waals surface area contributed by atoms with Crippen LogP contribution in [0.3, 0.4) is 0 Å². The van der Waals surface area contributed by atoms with Gasteiger partial charge >= 0.3 is 5.97 Å². The normalized spacial score (nSPS) is 11.4. The zero-order valence-corrected chi connectivity index (χ0v) is 11.7. The lowest BCUT2D eigenvalue weighted by Crippen LogP contribution is -2.13. The molecule has 4 heteroatoms. The highest BCUT2D eigenvalue weighted by atomic mass is 16.5. The molecule has 1 atom stereocenters. The minimum absolute atomic E-state index is 0.154. The highest BCUT2D eigenvalue weighted by Gasteiger charge is 2.17. The maximum absolute atomic E-state index is 12.1. The van der Waals surface area contributed by atoms with E-state index < -0.39 is 0 Å². The Morgan fingerprint density at radius 3 is 2.76 bits per heavy atom. The maximum atomic E-state index is 12.1. The minimum atomic E-state index is -0.382. The molecule has 2 N–H and O–H groups in total. The Kier molecular flexibility index (Phi) is 4.57. The predicted molar refractivity (Wildman–Crippen MR) is 80.2 cm³/mol. The molecule has 21 heavy (non-hydrogen) atoms. The van der Waals surface area contributed by atoms with Crippen molar-refractivity contribution in [1.82, 2.24) is 0 Å². The molecular weight excluding hydrogens is 264 g/mol. The van der Waals surface area contributed by atoms with Crippen molar-refractivity contribution in [3.05, 3.63) is 65.2 Å². The van der Waals surface area contributed by atoms with E-state index in [9.17, 15) is 4.79 Å². The van der Waals surface area contributed by atoms with Crippen molar-refractivity contribution in [3.63, 3.8) is 0 Å². The number of carbonyl (C=O) groups is 1. The smallest absolute Gasteiger partial charge is 0.313 e. The van der Waals surface area contributed by atoms with E-state index in [0.717, 1.165) is 11.1 Å². The number of carbonyl (C=O) groups excluding carboxylic acids is 1. The lowest BCUT2D eigenvalue weighted by Gasteiger charge is -2.12. The summed E-state index contributed by atoms with van der Waals surface area (Å²) >= 11 is 0. The van der Waals surface area contributed by atoms with Gasteiger partial charge in [-0.25, -0.2) is 0 Å². The summed E-state index contributed by atoms with van der Waals surface area (Å²) in [6, 6.07) is 16.3. The summed E-state index contributed by atoms with van der Waals surface area (Å²) in [5.41, 5.74) is 8.50. The topological polar surface area (TPSA) is 76.1 Å². The quantitative estimate of drug-likeness (QED) is 0.690. The van der Waals surface area contributed by atoms with Crippen LogP contribution in [0.1, 0.15) is 29.5 Å². The highest BCUT2D eigenvalue weighted by Crippen LogP contribution is 2.19. The van der Waals surface area contributed by atoms with Crippen LogP contribution in [-0.4, -0.2) is 5.97 Å². The minimum Gasteiger partial charge on any atom is -0.460 e. The molecule has 1 unspecified atom stereocenters. The Bertz CT molecular complexity index is 689. The Balaban J connectivity index is 2.00. The summed E-state index contributed by atoms with van der Waals surface area (Å²) in [5.74, 6) is -0.699. The maximum Gasteiger partial charge on any atom is 0.313 e. The average molecular weight is 280 g/mol. The number of benzene rings is 2. The second-order valence-electron chi connectivity index (χ2n) is 4.81. The third-order valence-corrected chi connectivity index (χ3v) is 3.20. The molecule has 2 rings (SSSR count). The molecule has 2 aromatic rings. The molecule has 4 nitrogen and oxygen atoms in total. The molecule has 0 heterocycles. The number of nitrogens with zero attached hydrogens (tertiary/aromatic N) is 1. The summed E-state index contributed by atoms with van der Waals surface area (Å²) in [6.45, 7) is 1.93. The monoisotopic (exact) mass is 280 g/mol. The number of nitriles is 1. The van der Waals surface area contributed by atoms with Gasteiger partial charge in [-0.3, -0.25) is 4.79 Å². The number of ether oxygens (including phenoxy) is 1. The fraction of sp³-hybridized carbons (Fsp3) is 0.176. The van der Waals surface area contributed by atoms with Crippen LogP contribution < -0.4 is 5.73 Å². The van der Waals surface area contributed by atoms with Crippen LogP contribution in [0.2, 0.25) is 0 Å². The first kappa shape index (κ1) is 14.6. The lowest BCUT2D eigenvalue weighted by atomic mass is 10.0. The van der Waals surface area contributed by atoms with Crippen LogP contribution in [0.15, 0.2) is 48.5 Å². The zero-order valence-electron chi connectivity index (χ0n) is 11.7. The summed E-state index contributed by atoms with van der Waals surface area (Å²) in [6.07, 6.45) is 0. The Morgan fingerprint density at radius 2 is 2.05 bits per heavy atom. The van der Waals surface area contributed by atoms with E-state index in [4.69, 9.17) is 15.7 Å². The van der Waals surface area contributed by atoms with Crippen molar-refractivity contribution in [1.29, 1.82) is 5.26 Å². The summed E-state index contributed by atoms with van der Waals surface area (Å²) in [5, 5.41) is 8.83. The van der Waals surface area contributed by atoms with E-state index in [2.05, 4.69) is 6.07 Å². The van der Waals surface area contributed by atoms with Gasteiger partial charge in [0.2, 0.25) is 0 Å². The number of nitrogen functional groups attached to an aromatic ring is 1. The van der Waals surface area contributed by atoms with Crippen molar-refractivity contribution in [3.8, 4) is 6.07 Å². The van der Waals surface area contributed by atoms with Crippen LogP contribution in [0, 0.1) is 11.3 Å². The Hall–Kier alpha value is -2.80. The fourth-order valence-corrected chi connectivity index (χ4v) is 1.97. The van der Waals surface area contributed by atoms with Gasteiger partial charge in [-0.1, -0.05) is 24.3 Å². The molecule has 2 aromatic carbocycles. The Morgan fingerprint density at radius 1 is 1.29 bits per heavy atom. The van der Waals surface area contributed by atoms with Crippen LogP contribution >= 0.6 is 0 Å². The second kappa shape index (κ2) is 6.58. The van der Waals surface area contributed by atoms with Gasteiger partial charge in [0, 0.05) is 5.69 Å². The number of anilines is 1. The molecule has 106 valence electrons. The molecule has 0 aliphatic carbocycles. The van der Waals surface area contributed by atoms with E-state index in [-0.39, 0.29) is 18.5 Å². The average Bonchev–Trinajstić information content (AvgIpc) is 2.52. The number of esters is 1. The van der Waals surface area contributed by atoms with Crippen LogP contribution in [0.25, 0.3) is 0 Å². The van der Waals surface area contributed by atoms with Crippen molar-refractivity contribution in [2.75, 3.05) is 5.73 Å². The van der Waals surface area contributed by atoms with E-state index in [1.807, 2.05) is 18.2 Å². The molecule has 0 aliphatic rings.